The molecular weight excluding hydrogens is 156 g/mol. The molecule has 3 nitrogen and oxygen atoms in total. The van der Waals surface area contributed by atoms with Gasteiger partial charge in [0.15, 0.2) is 0 Å². The number of ketones is 1. The van der Waals surface area contributed by atoms with Crippen LogP contribution >= 0.6 is 0 Å². The Morgan fingerprint density at radius 2 is 2.00 bits per heavy atom. The molecule has 0 unspecified atom stereocenters. The molecule has 0 saturated heterocycles. The highest BCUT2D eigenvalue weighted by Gasteiger charge is 2.09. The number of hydrogen-bond donors (Lipinski definition) is 0. The maximum atomic E-state index is 10.8. The molecular formula is C9H14O3. The minimum absolute atomic E-state index is 0.242. The van der Waals surface area contributed by atoms with Gasteiger partial charge >= 0.3 is 5.97 Å². The quantitative estimate of drug-likeness (QED) is 0.356. The first-order valence-electron chi connectivity index (χ1n) is 4.10. The second-order valence-electron chi connectivity index (χ2n) is 2.28. The molecule has 12 heavy (non-hydrogen) atoms. The van der Waals surface area contributed by atoms with Gasteiger partial charge in [-0.15, -0.1) is 0 Å². The van der Waals surface area contributed by atoms with Crippen LogP contribution in [0.25, 0.3) is 0 Å². The molecule has 3 heteroatoms. The number of carbonyl (C=O) groups is 2. The first kappa shape index (κ1) is 10.9. The topological polar surface area (TPSA) is 43.4 Å². The van der Waals surface area contributed by atoms with E-state index in [-0.39, 0.29) is 6.61 Å². The fourth-order valence-electron chi connectivity index (χ4n) is 0.627. The van der Waals surface area contributed by atoms with Crippen LogP contribution in [0.4, 0.5) is 0 Å². The summed E-state index contributed by atoms with van der Waals surface area (Å²) in [6, 6.07) is 0. The largest absolute Gasteiger partial charge is 0.460 e. The third-order valence-electron chi connectivity index (χ3n) is 1.20. The number of rotatable bonds is 5. The lowest BCUT2D eigenvalue weighted by Crippen LogP contribution is -2.14. The van der Waals surface area contributed by atoms with Gasteiger partial charge in [0, 0.05) is 0 Å². The Hall–Kier alpha value is -1.12. The highest BCUT2D eigenvalue weighted by atomic mass is 16.5. The smallest absolute Gasteiger partial charge is 0.378 e. The van der Waals surface area contributed by atoms with E-state index < -0.39 is 11.8 Å². The van der Waals surface area contributed by atoms with Crippen molar-refractivity contribution in [3.05, 3.63) is 12.2 Å². The predicted octanol–water partition coefficient (Wildman–Crippen LogP) is 1.47. The lowest BCUT2D eigenvalue weighted by Gasteiger charge is -1.95. The molecule has 0 amide bonds. The van der Waals surface area contributed by atoms with E-state index in [0.717, 1.165) is 12.8 Å². The van der Waals surface area contributed by atoms with Gasteiger partial charge in [-0.2, -0.15) is 0 Å². The van der Waals surface area contributed by atoms with Crippen LogP contribution in [0.5, 0.6) is 0 Å². The van der Waals surface area contributed by atoms with E-state index in [1.165, 1.54) is 6.08 Å². The van der Waals surface area contributed by atoms with Crippen molar-refractivity contribution >= 4 is 11.8 Å². The molecule has 0 fully saturated rings. The van der Waals surface area contributed by atoms with Crippen molar-refractivity contribution in [1.29, 1.82) is 0 Å². The summed E-state index contributed by atoms with van der Waals surface area (Å²) in [6.45, 7) is 3.91. The Balaban J connectivity index is 3.78. The summed E-state index contributed by atoms with van der Waals surface area (Å²) in [5.41, 5.74) is 0. The van der Waals surface area contributed by atoms with Crippen LogP contribution in [0, 0.1) is 0 Å². The maximum Gasteiger partial charge on any atom is 0.378 e. The molecule has 0 aromatic carbocycles. The van der Waals surface area contributed by atoms with E-state index in [0.29, 0.717) is 0 Å². The molecule has 0 aliphatic rings. The summed E-state index contributed by atoms with van der Waals surface area (Å²) in [5.74, 6) is -1.35. The molecule has 0 radical (unpaired) electrons. The fourth-order valence-corrected chi connectivity index (χ4v) is 0.627. The van der Waals surface area contributed by atoms with Crippen molar-refractivity contribution in [2.24, 2.45) is 0 Å². The zero-order valence-corrected chi connectivity index (χ0v) is 7.50. The van der Waals surface area contributed by atoms with Crippen molar-refractivity contribution in [1.82, 2.24) is 0 Å². The van der Waals surface area contributed by atoms with Crippen LogP contribution in [0.15, 0.2) is 12.2 Å². The molecule has 0 aliphatic heterocycles. The highest BCUT2D eigenvalue weighted by Crippen LogP contribution is 1.90. The van der Waals surface area contributed by atoms with Crippen molar-refractivity contribution in [3.8, 4) is 0 Å². The summed E-state index contributed by atoms with van der Waals surface area (Å²) in [4.78, 5) is 21.6. The lowest BCUT2D eigenvalue weighted by molar-refractivity contribution is -0.151. The van der Waals surface area contributed by atoms with Crippen LogP contribution in [0.1, 0.15) is 26.7 Å². The number of esters is 1. The van der Waals surface area contributed by atoms with Crippen LogP contribution in [0.3, 0.4) is 0 Å². The monoisotopic (exact) mass is 170 g/mol. The maximum absolute atomic E-state index is 10.8. The molecule has 0 heterocycles. The van der Waals surface area contributed by atoms with Gasteiger partial charge in [0.05, 0.1) is 6.61 Å². The van der Waals surface area contributed by atoms with Gasteiger partial charge in [-0.25, -0.2) is 4.79 Å². The van der Waals surface area contributed by atoms with E-state index in [1.54, 1.807) is 13.0 Å². The van der Waals surface area contributed by atoms with Crippen LogP contribution < -0.4 is 0 Å². The minimum Gasteiger partial charge on any atom is -0.460 e. The molecule has 0 N–H and O–H groups in total. The van der Waals surface area contributed by atoms with Crippen LogP contribution in [0.2, 0.25) is 0 Å². The van der Waals surface area contributed by atoms with E-state index in [2.05, 4.69) is 4.74 Å². The summed E-state index contributed by atoms with van der Waals surface area (Å²) < 4.78 is 4.49. The molecule has 0 spiro atoms. The van der Waals surface area contributed by atoms with Crippen molar-refractivity contribution in [2.75, 3.05) is 6.61 Å². The molecule has 0 saturated carbocycles. The fraction of sp³-hybridized carbons (Fsp3) is 0.556. The van der Waals surface area contributed by atoms with Crippen molar-refractivity contribution in [2.45, 2.75) is 26.7 Å². The Bertz CT molecular complexity index is 182. The van der Waals surface area contributed by atoms with Gasteiger partial charge in [0.2, 0.25) is 0 Å². The van der Waals surface area contributed by atoms with E-state index in [4.69, 9.17) is 0 Å². The number of ether oxygens (including phenoxy) is 1. The zero-order valence-electron chi connectivity index (χ0n) is 7.50. The molecule has 68 valence electrons. The molecule has 0 aliphatic carbocycles. The summed E-state index contributed by atoms with van der Waals surface area (Å²) in [7, 11) is 0. The first-order chi connectivity index (χ1) is 5.72. The number of carbonyl (C=O) groups excluding carboxylic acids is 2. The third-order valence-corrected chi connectivity index (χ3v) is 1.20. The molecule has 0 atom stereocenters. The van der Waals surface area contributed by atoms with Crippen LogP contribution in [-0.4, -0.2) is 18.4 Å². The Labute approximate surface area is 72.4 Å². The summed E-state index contributed by atoms with van der Waals surface area (Å²) in [5, 5.41) is 0. The summed E-state index contributed by atoms with van der Waals surface area (Å²) >= 11 is 0. The Morgan fingerprint density at radius 3 is 2.50 bits per heavy atom. The van der Waals surface area contributed by atoms with E-state index >= 15 is 0 Å². The number of allylic oxidation sites excluding steroid dienone is 1. The zero-order chi connectivity index (χ0) is 9.40. The van der Waals surface area contributed by atoms with Gasteiger partial charge in [0.25, 0.3) is 5.78 Å². The van der Waals surface area contributed by atoms with Crippen molar-refractivity contribution < 1.29 is 14.3 Å². The van der Waals surface area contributed by atoms with Gasteiger partial charge in [-0.05, 0) is 19.4 Å². The standard InChI is InChI=1S/C9H14O3/c1-3-5-6-7-8(10)9(11)12-4-2/h6-7H,3-5H2,1-2H3. The Morgan fingerprint density at radius 1 is 1.33 bits per heavy atom. The molecule has 0 aromatic heterocycles. The molecule has 0 rings (SSSR count). The minimum atomic E-state index is -0.773. The molecule has 0 bridgehead atoms. The first-order valence-corrected chi connectivity index (χ1v) is 4.10. The highest BCUT2D eigenvalue weighted by molar-refractivity contribution is 6.38. The predicted molar refractivity (Wildman–Crippen MR) is 45.7 cm³/mol. The molecule has 0 aromatic rings. The van der Waals surface area contributed by atoms with Gasteiger partial charge in [-0.3, -0.25) is 4.79 Å². The second kappa shape index (κ2) is 6.58. The summed E-state index contributed by atoms with van der Waals surface area (Å²) in [6.07, 6.45) is 4.72. The van der Waals surface area contributed by atoms with Crippen molar-refractivity contribution in [3.63, 3.8) is 0 Å². The average Bonchev–Trinajstić information content (AvgIpc) is 2.05. The SMILES string of the molecule is CCCC=CC(=O)C(=O)OCC. The van der Waals surface area contributed by atoms with Gasteiger partial charge < -0.3 is 4.74 Å². The number of unbranched alkanes of at least 4 members (excludes halogenated alkanes) is 1. The van der Waals surface area contributed by atoms with Gasteiger partial charge in [0.1, 0.15) is 0 Å². The number of hydrogen-bond acceptors (Lipinski definition) is 3. The van der Waals surface area contributed by atoms with Crippen LogP contribution in [-0.2, 0) is 14.3 Å². The van der Waals surface area contributed by atoms with E-state index in [1.807, 2.05) is 6.92 Å². The van der Waals surface area contributed by atoms with Gasteiger partial charge in [-0.1, -0.05) is 19.4 Å². The second-order valence-corrected chi connectivity index (χ2v) is 2.28. The van der Waals surface area contributed by atoms with E-state index in [9.17, 15) is 9.59 Å². The third kappa shape index (κ3) is 4.66. The normalized spacial score (nSPS) is 10.2. The lowest BCUT2D eigenvalue weighted by atomic mass is 10.3. The Kier molecular flexibility index (Phi) is 5.97. The average molecular weight is 170 g/mol.